The van der Waals surface area contributed by atoms with Crippen molar-refractivity contribution in [1.29, 1.82) is 0 Å². The first-order valence-electron chi connectivity index (χ1n) is 10.6. The monoisotopic (exact) mass is 413 g/mol. The molecule has 0 amide bonds. The van der Waals surface area contributed by atoms with E-state index in [4.69, 9.17) is 9.47 Å². The van der Waals surface area contributed by atoms with Crippen molar-refractivity contribution < 1.29 is 14.6 Å². The molecule has 4 heteroatoms. The second-order valence-electron chi connectivity index (χ2n) is 7.33. The summed E-state index contributed by atoms with van der Waals surface area (Å²) in [6, 6.07) is 30.1. The number of aliphatic hydroxyl groups is 1. The second-order valence-corrected chi connectivity index (χ2v) is 7.33. The van der Waals surface area contributed by atoms with Crippen LogP contribution in [0.25, 0.3) is 11.3 Å². The zero-order chi connectivity index (χ0) is 21.5. The predicted octanol–water partition coefficient (Wildman–Crippen LogP) is 5.83. The number of rotatable bonds is 9. The van der Waals surface area contributed by atoms with E-state index in [1.165, 1.54) is 0 Å². The number of hydrogen-bond donors (Lipinski definition) is 1. The molecule has 0 radical (unpaired) electrons. The van der Waals surface area contributed by atoms with Gasteiger partial charge >= 0.3 is 0 Å². The van der Waals surface area contributed by atoms with Gasteiger partial charge in [-0.15, -0.1) is 0 Å². The fourth-order valence-electron chi connectivity index (χ4n) is 3.66. The van der Waals surface area contributed by atoms with Crippen molar-refractivity contribution in [2.45, 2.75) is 33.3 Å². The van der Waals surface area contributed by atoms with E-state index in [1.54, 1.807) is 0 Å². The van der Waals surface area contributed by atoms with Crippen LogP contribution in [-0.4, -0.2) is 9.67 Å². The van der Waals surface area contributed by atoms with Crippen LogP contribution in [0.1, 0.15) is 23.6 Å². The normalized spacial score (nSPS) is 10.8. The Morgan fingerprint density at radius 1 is 0.742 bits per heavy atom. The molecule has 0 atom stereocenters. The van der Waals surface area contributed by atoms with Crippen LogP contribution in [0.5, 0.6) is 11.6 Å². The molecule has 158 valence electrons. The number of nitrogens with zero attached hydrogens (tertiary/aromatic N) is 1. The van der Waals surface area contributed by atoms with Crippen molar-refractivity contribution in [3.8, 4) is 22.9 Å². The van der Waals surface area contributed by atoms with Crippen molar-refractivity contribution in [1.82, 2.24) is 4.57 Å². The number of aromatic nitrogens is 1. The summed E-state index contributed by atoms with van der Waals surface area (Å²) in [7, 11) is 0. The molecule has 0 bridgehead atoms. The largest absolute Gasteiger partial charge is 0.489 e. The maximum Gasteiger partial charge on any atom is 0.194 e. The molecular formula is C27H27NO3. The number of benzene rings is 3. The minimum Gasteiger partial charge on any atom is -0.489 e. The Labute approximate surface area is 183 Å². The molecule has 4 rings (SSSR count). The van der Waals surface area contributed by atoms with Gasteiger partial charge in [0.05, 0.1) is 12.3 Å². The molecule has 4 nitrogen and oxygen atoms in total. The highest BCUT2D eigenvalue weighted by atomic mass is 16.5. The van der Waals surface area contributed by atoms with Crippen LogP contribution in [0, 0.1) is 0 Å². The average molecular weight is 414 g/mol. The third-order valence-electron chi connectivity index (χ3n) is 5.23. The number of aliphatic hydroxyl groups excluding tert-OH is 1. The molecule has 1 aromatic heterocycles. The third kappa shape index (κ3) is 4.98. The molecule has 0 fully saturated rings. The first-order valence-corrected chi connectivity index (χ1v) is 10.6. The van der Waals surface area contributed by atoms with E-state index in [9.17, 15) is 5.11 Å². The molecule has 0 saturated carbocycles. The quantitative estimate of drug-likeness (QED) is 0.376. The molecular weight excluding hydrogens is 386 g/mol. The summed E-state index contributed by atoms with van der Waals surface area (Å²) >= 11 is 0. The molecule has 0 saturated heterocycles. The third-order valence-corrected chi connectivity index (χ3v) is 5.23. The van der Waals surface area contributed by atoms with E-state index in [1.807, 2.05) is 91.0 Å². The SMILES string of the molecule is CCn1c(OCc2ccccc2)cc(CO)c1-c1ccc(OCc2ccccc2)cc1. The fourth-order valence-corrected chi connectivity index (χ4v) is 3.66. The molecule has 0 unspecified atom stereocenters. The topological polar surface area (TPSA) is 43.6 Å². The van der Waals surface area contributed by atoms with E-state index < -0.39 is 0 Å². The van der Waals surface area contributed by atoms with E-state index in [2.05, 4.69) is 11.5 Å². The lowest BCUT2D eigenvalue weighted by Gasteiger charge is -2.14. The maximum atomic E-state index is 9.97. The van der Waals surface area contributed by atoms with Crippen molar-refractivity contribution >= 4 is 0 Å². The first kappa shape index (κ1) is 20.8. The van der Waals surface area contributed by atoms with Gasteiger partial charge in [0.1, 0.15) is 19.0 Å². The Morgan fingerprint density at radius 2 is 1.32 bits per heavy atom. The standard InChI is InChI=1S/C27H27NO3/c1-2-28-26(31-20-22-11-7-4-8-12-22)17-24(18-29)27(28)23-13-15-25(16-14-23)30-19-21-9-5-3-6-10-21/h3-17,29H,2,18-20H2,1H3. The summed E-state index contributed by atoms with van der Waals surface area (Å²) in [6.45, 7) is 3.80. The fraction of sp³-hybridized carbons (Fsp3) is 0.185. The van der Waals surface area contributed by atoms with E-state index in [0.717, 1.165) is 46.1 Å². The summed E-state index contributed by atoms with van der Waals surface area (Å²) in [4.78, 5) is 0. The van der Waals surface area contributed by atoms with Crippen LogP contribution >= 0.6 is 0 Å². The summed E-state index contributed by atoms with van der Waals surface area (Å²) in [5.74, 6) is 1.57. The van der Waals surface area contributed by atoms with Gasteiger partial charge in [-0.05, 0) is 47.9 Å². The molecule has 0 aliphatic rings. The zero-order valence-electron chi connectivity index (χ0n) is 17.7. The van der Waals surface area contributed by atoms with Gasteiger partial charge in [0.2, 0.25) is 0 Å². The van der Waals surface area contributed by atoms with Crippen molar-refractivity contribution in [2.75, 3.05) is 0 Å². The smallest absolute Gasteiger partial charge is 0.194 e. The Morgan fingerprint density at radius 3 is 1.87 bits per heavy atom. The predicted molar refractivity (Wildman–Crippen MR) is 123 cm³/mol. The molecule has 0 aliphatic heterocycles. The highest BCUT2D eigenvalue weighted by Gasteiger charge is 2.17. The van der Waals surface area contributed by atoms with Crippen LogP contribution in [-0.2, 0) is 26.4 Å². The van der Waals surface area contributed by atoms with Gasteiger partial charge in [0, 0.05) is 18.2 Å². The molecule has 4 aromatic rings. The highest BCUT2D eigenvalue weighted by Crippen LogP contribution is 2.33. The van der Waals surface area contributed by atoms with Gasteiger partial charge in [-0.2, -0.15) is 0 Å². The zero-order valence-corrected chi connectivity index (χ0v) is 17.7. The van der Waals surface area contributed by atoms with Gasteiger partial charge in [0.25, 0.3) is 0 Å². The lowest BCUT2D eigenvalue weighted by Crippen LogP contribution is -2.04. The molecule has 3 aromatic carbocycles. The summed E-state index contributed by atoms with van der Waals surface area (Å²) < 4.78 is 14.1. The Balaban J connectivity index is 1.53. The Bertz CT molecular complexity index is 1090. The minimum absolute atomic E-state index is 0.0453. The van der Waals surface area contributed by atoms with Crippen LogP contribution in [0.2, 0.25) is 0 Å². The van der Waals surface area contributed by atoms with Crippen molar-refractivity contribution in [3.05, 3.63) is 108 Å². The van der Waals surface area contributed by atoms with Crippen LogP contribution in [0.4, 0.5) is 0 Å². The molecule has 1 N–H and O–H groups in total. The average Bonchev–Trinajstić information content (AvgIpc) is 3.20. The van der Waals surface area contributed by atoms with Gasteiger partial charge in [0.15, 0.2) is 5.88 Å². The molecule has 31 heavy (non-hydrogen) atoms. The summed E-state index contributed by atoms with van der Waals surface area (Å²) in [6.07, 6.45) is 0. The van der Waals surface area contributed by atoms with E-state index in [0.29, 0.717) is 13.2 Å². The van der Waals surface area contributed by atoms with E-state index in [-0.39, 0.29) is 6.61 Å². The lowest BCUT2D eigenvalue weighted by atomic mass is 10.1. The number of hydrogen-bond acceptors (Lipinski definition) is 3. The van der Waals surface area contributed by atoms with Crippen LogP contribution < -0.4 is 9.47 Å². The molecule has 1 heterocycles. The summed E-state index contributed by atoms with van der Waals surface area (Å²) in [5, 5.41) is 9.97. The molecule has 0 aliphatic carbocycles. The first-order chi connectivity index (χ1) is 15.3. The van der Waals surface area contributed by atoms with Gasteiger partial charge in [-0.3, -0.25) is 0 Å². The highest BCUT2D eigenvalue weighted by molar-refractivity contribution is 5.67. The second kappa shape index (κ2) is 10.0. The minimum atomic E-state index is -0.0453. The molecule has 0 spiro atoms. The van der Waals surface area contributed by atoms with Gasteiger partial charge in [-0.25, -0.2) is 0 Å². The van der Waals surface area contributed by atoms with Crippen LogP contribution in [0.15, 0.2) is 91.0 Å². The van der Waals surface area contributed by atoms with Crippen molar-refractivity contribution in [3.63, 3.8) is 0 Å². The Hall–Kier alpha value is -3.50. The summed E-state index contributed by atoms with van der Waals surface area (Å²) in [5.41, 5.74) is 5.09. The maximum absolute atomic E-state index is 9.97. The van der Waals surface area contributed by atoms with Crippen molar-refractivity contribution in [2.24, 2.45) is 0 Å². The van der Waals surface area contributed by atoms with Crippen LogP contribution in [0.3, 0.4) is 0 Å². The Kier molecular flexibility index (Phi) is 6.70. The lowest BCUT2D eigenvalue weighted by molar-refractivity contribution is 0.277. The van der Waals surface area contributed by atoms with E-state index >= 15 is 0 Å². The van der Waals surface area contributed by atoms with Gasteiger partial charge < -0.3 is 19.1 Å². The van der Waals surface area contributed by atoms with Gasteiger partial charge in [-0.1, -0.05) is 60.7 Å². The number of ether oxygens (including phenoxy) is 2.